The molecule has 0 radical (unpaired) electrons. The quantitative estimate of drug-likeness (QED) is 0.452. The first-order valence-corrected chi connectivity index (χ1v) is 11.5. The van der Waals surface area contributed by atoms with E-state index in [9.17, 15) is 19.8 Å². The van der Waals surface area contributed by atoms with E-state index in [2.05, 4.69) is 24.1 Å². The zero-order valence-corrected chi connectivity index (χ0v) is 21.6. The molecule has 35 heavy (non-hydrogen) atoms. The van der Waals surface area contributed by atoms with Crippen LogP contribution in [0, 0.1) is 5.92 Å². The second-order valence-corrected chi connectivity index (χ2v) is 10.3. The van der Waals surface area contributed by atoms with E-state index in [1.54, 1.807) is 24.3 Å². The second kappa shape index (κ2) is 11.4. The van der Waals surface area contributed by atoms with E-state index in [1.165, 1.54) is 13.2 Å². The second-order valence-electron chi connectivity index (χ2n) is 10.3. The zero-order valence-electron chi connectivity index (χ0n) is 21.6. The highest BCUT2D eigenvalue weighted by atomic mass is 16.6. The number of pyridine rings is 1. The third-order valence-corrected chi connectivity index (χ3v) is 5.15. The molecule has 0 saturated carbocycles. The van der Waals surface area contributed by atoms with Crippen LogP contribution in [0.5, 0.6) is 5.75 Å². The van der Waals surface area contributed by atoms with Crippen molar-refractivity contribution in [3.63, 3.8) is 0 Å². The smallest absolute Gasteiger partial charge is 0.412 e. The van der Waals surface area contributed by atoms with Crippen LogP contribution in [0.4, 0.5) is 15.4 Å². The van der Waals surface area contributed by atoms with Gasteiger partial charge in [0.15, 0.2) is 0 Å². The first kappa shape index (κ1) is 27.9. The summed E-state index contributed by atoms with van der Waals surface area (Å²) in [6.45, 7) is 11.4. The van der Waals surface area contributed by atoms with Gasteiger partial charge >= 0.3 is 12.2 Å². The maximum Gasteiger partial charge on any atom is 0.412 e. The van der Waals surface area contributed by atoms with Gasteiger partial charge in [0.05, 0.1) is 12.1 Å². The van der Waals surface area contributed by atoms with Gasteiger partial charge in [0, 0.05) is 18.8 Å². The van der Waals surface area contributed by atoms with Crippen LogP contribution in [0.25, 0.3) is 11.1 Å². The Morgan fingerprint density at radius 3 is 2.34 bits per heavy atom. The number of nitrogens with one attached hydrogen (secondary N) is 1. The zero-order chi connectivity index (χ0) is 26.4. The number of alkyl carbamates (subject to hydrolysis) is 1. The first-order valence-electron chi connectivity index (χ1n) is 11.5. The molecule has 2 amide bonds. The molecule has 0 bridgehead atoms. The summed E-state index contributed by atoms with van der Waals surface area (Å²) in [6.07, 6.45) is 0.573. The van der Waals surface area contributed by atoms with Crippen molar-refractivity contribution >= 4 is 18.0 Å². The fourth-order valence-electron chi connectivity index (χ4n) is 3.74. The number of ether oxygens (including phenoxy) is 2. The lowest BCUT2D eigenvalue weighted by molar-refractivity contribution is 0.0407. The summed E-state index contributed by atoms with van der Waals surface area (Å²) in [5.41, 5.74) is 0.789. The number of nitrogens with zero attached hydrogens (tertiary/aromatic N) is 2. The summed E-state index contributed by atoms with van der Waals surface area (Å²) in [6, 6.07) is 8.80. The summed E-state index contributed by atoms with van der Waals surface area (Å²) in [7, 11) is 1.42. The van der Waals surface area contributed by atoms with E-state index in [0.29, 0.717) is 29.5 Å². The molecule has 0 spiro atoms. The molecule has 1 aromatic carbocycles. The number of amides is 2. The van der Waals surface area contributed by atoms with Gasteiger partial charge in [-0.25, -0.2) is 14.6 Å². The monoisotopic (exact) mass is 487 g/mol. The molecule has 1 atom stereocenters. The van der Waals surface area contributed by atoms with Crippen LogP contribution in [0.3, 0.4) is 0 Å². The van der Waals surface area contributed by atoms with Crippen LogP contribution < -0.4 is 15.0 Å². The highest BCUT2D eigenvalue weighted by molar-refractivity contribution is 5.85. The molecule has 0 saturated heterocycles. The standard InChI is InChI=1S/C26H37N3O6/c1-17(2)14-26(6,28-23(31)35-25(3,4)5)16-34-21-9-8-18(12-20(21)15-30)19-10-11-27-22(13-19)29(7)24(32)33/h8-13,17,30H,14-16H2,1-7H3,(H,28,31)(H,32,33)/t26-/m0/s1. The fourth-order valence-corrected chi connectivity index (χ4v) is 3.74. The van der Waals surface area contributed by atoms with Gasteiger partial charge in [-0.1, -0.05) is 19.9 Å². The van der Waals surface area contributed by atoms with Crippen molar-refractivity contribution in [3.8, 4) is 16.9 Å². The Morgan fingerprint density at radius 1 is 1.11 bits per heavy atom. The minimum Gasteiger partial charge on any atom is -0.491 e. The predicted molar refractivity (Wildman–Crippen MR) is 135 cm³/mol. The number of hydrogen-bond donors (Lipinski definition) is 3. The van der Waals surface area contributed by atoms with Crippen molar-refractivity contribution in [1.82, 2.24) is 10.3 Å². The molecule has 1 heterocycles. The van der Waals surface area contributed by atoms with Crippen molar-refractivity contribution in [1.29, 1.82) is 0 Å². The molecule has 9 nitrogen and oxygen atoms in total. The molecule has 2 aromatic rings. The van der Waals surface area contributed by atoms with Crippen LogP contribution in [-0.4, -0.2) is 52.2 Å². The van der Waals surface area contributed by atoms with Gasteiger partial charge in [0.2, 0.25) is 0 Å². The van der Waals surface area contributed by atoms with Gasteiger partial charge in [-0.2, -0.15) is 0 Å². The van der Waals surface area contributed by atoms with E-state index in [4.69, 9.17) is 9.47 Å². The van der Waals surface area contributed by atoms with Gasteiger partial charge < -0.3 is 25.0 Å². The summed E-state index contributed by atoms with van der Waals surface area (Å²) in [5.74, 6) is 1.08. The molecule has 0 aliphatic heterocycles. The third-order valence-electron chi connectivity index (χ3n) is 5.15. The topological polar surface area (TPSA) is 121 Å². The molecular formula is C26H37N3O6. The molecule has 2 rings (SSSR count). The number of aliphatic hydroxyl groups is 1. The predicted octanol–water partition coefficient (Wildman–Crippen LogP) is 5.06. The van der Waals surface area contributed by atoms with Crippen molar-refractivity contribution in [3.05, 3.63) is 42.1 Å². The number of hydrogen-bond acceptors (Lipinski definition) is 6. The molecular weight excluding hydrogens is 450 g/mol. The molecule has 192 valence electrons. The van der Waals surface area contributed by atoms with Gasteiger partial charge in [-0.05, 0) is 75.4 Å². The minimum atomic E-state index is -1.11. The van der Waals surface area contributed by atoms with E-state index in [0.717, 1.165) is 16.0 Å². The minimum absolute atomic E-state index is 0.180. The average Bonchev–Trinajstić information content (AvgIpc) is 2.75. The number of carbonyl (C=O) groups excluding carboxylic acids is 1. The van der Waals surface area contributed by atoms with Crippen molar-refractivity contribution < 1.29 is 29.3 Å². The van der Waals surface area contributed by atoms with Crippen LogP contribution in [-0.2, 0) is 11.3 Å². The number of carbonyl (C=O) groups is 2. The molecule has 1 aromatic heterocycles. The molecule has 0 aliphatic rings. The van der Waals surface area contributed by atoms with Gasteiger partial charge in [-0.15, -0.1) is 0 Å². The van der Waals surface area contributed by atoms with Crippen LogP contribution >= 0.6 is 0 Å². The Kier molecular flexibility index (Phi) is 9.09. The SMILES string of the molecule is CC(C)C[C@@](C)(COc1ccc(-c2ccnc(N(C)C(=O)O)c2)cc1CO)NC(=O)OC(C)(C)C. The number of rotatable bonds is 9. The molecule has 3 N–H and O–H groups in total. The van der Waals surface area contributed by atoms with Gasteiger partial charge in [0.25, 0.3) is 0 Å². The normalized spacial score (nSPS) is 13.2. The lowest BCUT2D eigenvalue weighted by atomic mass is 9.91. The van der Waals surface area contributed by atoms with E-state index >= 15 is 0 Å². The molecule has 9 heteroatoms. The maximum atomic E-state index is 12.4. The number of carboxylic acid groups (broad SMARTS) is 1. The van der Waals surface area contributed by atoms with E-state index < -0.39 is 23.3 Å². The van der Waals surface area contributed by atoms with Crippen molar-refractivity contribution in [2.45, 2.75) is 65.7 Å². The summed E-state index contributed by atoms with van der Waals surface area (Å²) < 4.78 is 11.5. The van der Waals surface area contributed by atoms with Gasteiger partial charge in [-0.3, -0.25) is 4.90 Å². The lowest BCUT2D eigenvalue weighted by Gasteiger charge is -2.33. The summed E-state index contributed by atoms with van der Waals surface area (Å²) in [4.78, 5) is 28.8. The highest BCUT2D eigenvalue weighted by Crippen LogP contribution is 2.29. The summed E-state index contributed by atoms with van der Waals surface area (Å²) >= 11 is 0. The average molecular weight is 488 g/mol. The van der Waals surface area contributed by atoms with E-state index in [1.807, 2.05) is 33.8 Å². The Balaban J connectivity index is 2.24. The maximum absolute atomic E-state index is 12.4. The number of aromatic nitrogens is 1. The van der Waals surface area contributed by atoms with Gasteiger partial charge in [0.1, 0.15) is 23.8 Å². The largest absolute Gasteiger partial charge is 0.491 e. The molecule has 0 fully saturated rings. The molecule has 0 unspecified atom stereocenters. The van der Waals surface area contributed by atoms with Crippen LogP contribution in [0.15, 0.2) is 36.5 Å². The number of anilines is 1. The Hall–Kier alpha value is -3.33. The van der Waals surface area contributed by atoms with E-state index in [-0.39, 0.29) is 13.2 Å². The Morgan fingerprint density at radius 2 is 1.77 bits per heavy atom. The summed E-state index contributed by atoms with van der Waals surface area (Å²) in [5, 5.41) is 22.1. The third kappa shape index (κ3) is 8.43. The van der Waals surface area contributed by atoms with Crippen LogP contribution in [0.1, 0.15) is 53.5 Å². The Labute approximate surface area is 207 Å². The molecule has 0 aliphatic carbocycles. The fraction of sp³-hybridized carbons (Fsp3) is 0.500. The van der Waals surface area contributed by atoms with Crippen molar-refractivity contribution in [2.24, 2.45) is 5.92 Å². The Bertz CT molecular complexity index is 1030. The van der Waals surface area contributed by atoms with Crippen molar-refractivity contribution in [2.75, 3.05) is 18.6 Å². The first-order chi connectivity index (χ1) is 16.2. The lowest BCUT2D eigenvalue weighted by Crippen LogP contribution is -2.52. The number of benzene rings is 1. The highest BCUT2D eigenvalue weighted by Gasteiger charge is 2.31. The number of aliphatic hydroxyl groups excluding tert-OH is 1. The van der Waals surface area contributed by atoms with Crippen LogP contribution in [0.2, 0.25) is 0 Å².